The van der Waals surface area contributed by atoms with E-state index in [0.29, 0.717) is 11.4 Å². The van der Waals surface area contributed by atoms with Crippen molar-refractivity contribution in [1.82, 2.24) is 10.7 Å². The maximum absolute atomic E-state index is 12.2. The molecule has 0 bridgehead atoms. The molecule has 3 rings (SSSR count). The Hall–Kier alpha value is -4.46. The quantitative estimate of drug-likeness (QED) is 0.242. The van der Waals surface area contributed by atoms with Gasteiger partial charge in [-0.1, -0.05) is 48.5 Å². The van der Waals surface area contributed by atoms with E-state index in [-0.39, 0.29) is 18.9 Å². The first-order valence-electron chi connectivity index (χ1n) is 10.4. The molecule has 0 spiro atoms. The molecule has 0 aromatic heterocycles. The zero-order valence-electron chi connectivity index (χ0n) is 18.2. The number of anilines is 3. The lowest BCUT2D eigenvalue weighted by Gasteiger charge is -2.09. The summed E-state index contributed by atoms with van der Waals surface area (Å²) >= 11 is 0. The Morgan fingerprint density at radius 2 is 1.30 bits per heavy atom. The van der Waals surface area contributed by atoms with E-state index >= 15 is 0 Å². The van der Waals surface area contributed by atoms with E-state index in [4.69, 9.17) is 0 Å². The molecule has 3 aromatic carbocycles. The van der Waals surface area contributed by atoms with E-state index in [9.17, 15) is 14.4 Å². The summed E-state index contributed by atoms with van der Waals surface area (Å²) in [5, 5.41) is 12.4. The molecule has 0 aliphatic carbocycles. The van der Waals surface area contributed by atoms with E-state index < -0.39 is 11.8 Å². The lowest BCUT2D eigenvalue weighted by Crippen LogP contribution is -2.37. The molecule has 0 aliphatic rings. The Morgan fingerprint density at radius 1 is 0.727 bits per heavy atom. The molecule has 0 saturated heterocycles. The number of hydrogen-bond acceptors (Lipinski definition) is 5. The minimum Gasteiger partial charge on any atom is -0.356 e. The number of hydrazone groups is 1. The van der Waals surface area contributed by atoms with Gasteiger partial charge in [0.05, 0.1) is 6.42 Å². The fourth-order valence-corrected chi connectivity index (χ4v) is 2.86. The SMILES string of the molecule is C/C(CC(=O)Nc1ccc(Nc2ccccc2)cc1)=N/NC(=O)C(=O)NCc1ccccc1. The van der Waals surface area contributed by atoms with E-state index in [1.165, 1.54) is 0 Å². The summed E-state index contributed by atoms with van der Waals surface area (Å²) in [4.78, 5) is 36.0. The Morgan fingerprint density at radius 3 is 1.97 bits per heavy atom. The summed E-state index contributed by atoms with van der Waals surface area (Å²) in [6.07, 6.45) is -0.0318. The van der Waals surface area contributed by atoms with Crippen molar-refractivity contribution < 1.29 is 14.4 Å². The molecule has 0 aliphatic heterocycles. The largest absolute Gasteiger partial charge is 0.356 e. The summed E-state index contributed by atoms with van der Waals surface area (Å²) in [7, 11) is 0. The molecular weight excluding hydrogens is 418 g/mol. The predicted octanol–water partition coefficient (Wildman–Crippen LogP) is 3.57. The molecule has 0 fully saturated rings. The fourth-order valence-electron chi connectivity index (χ4n) is 2.86. The van der Waals surface area contributed by atoms with Crippen molar-refractivity contribution in [3.63, 3.8) is 0 Å². The van der Waals surface area contributed by atoms with Crippen LogP contribution < -0.4 is 21.4 Å². The number of carbonyl (C=O) groups is 3. The second kappa shape index (κ2) is 11.8. The van der Waals surface area contributed by atoms with Crippen molar-refractivity contribution >= 4 is 40.5 Å². The third kappa shape index (κ3) is 7.95. The van der Waals surface area contributed by atoms with Gasteiger partial charge in [-0.15, -0.1) is 0 Å². The minimum absolute atomic E-state index is 0.0318. The van der Waals surface area contributed by atoms with Gasteiger partial charge < -0.3 is 16.0 Å². The first kappa shape index (κ1) is 23.2. The molecule has 0 heterocycles. The van der Waals surface area contributed by atoms with Crippen molar-refractivity contribution in [2.75, 3.05) is 10.6 Å². The second-order valence-corrected chi connectivity index (χ2v) is 7.25. The van der Waals surface area contributed by atoms with Crippen molar-refractivity contribution in [1.29, 1.82) is 0 Å². The van der Waals surface area contributed by atoms with Gasteiger partial charge in [0.25, 0.3) is 0 Å². The molecule has 33 heavy (non-hydrogen) atoms. The third-order valence-corrected chi connectivity index (χ3v) is 4.50. The van der Waals surface area contributed by atoms with Crippen molar-refractivity contribution in [2.24, 2.45) is 5.10 Å². The van der Waals surface area contributed by atoms with Gasteiger partial charge >= 0.3 is 11.8 Å². The number of rotatable bonds is 8. The van der Waals surface area contributed by atoms with Crippen molar-refractivity contribution in [2.45, 2.75) is 19.9 Å². The fraction of sp³-hybridized carbons (Fsp3) is 0.120. The maximum atomic E-state index is 12.2. The maximum Gasteiger partial charge on any atom is 0.329 e. The van der Waals surface area contributed by atoms with E-state index in [1.54, 1.807) is 19.1 Å². The first-order valence-corrected chi connectivity index (χ1v) is 10.4. The third-order valence-electron chi connectivity index (χ3n) is 4.50. The van der Waals surface area contributed by atoms with Crippen LogP contribution >= 0.6 is 0 Å². The summed E-state index contributed by atoms with van der Waals surface area (Å²) < 4.78 is 0. The van der Waals surface area contributed by atoms with Gasteiger partial charge in [0, 0.05) is 29.3 Å². The van der Waals surface area contributed by atoms with Gasteiger partial charge in [0.15, 0.2) is 0 Å². The normalized spacial score (nSPS) is 10.8. The monoisotopic (exact) mass is 443 g/mol. The van der Waals surface area contributed by atoms with Gasteiger partial charge in [-0.3, -0.25) is 14.4 Å². The number of benzene rings is 3. The van der Waals surface area contributed by atoms with Gasteiger partial charge in [-0.05, 0) is 48.9 Å². The van der Waals surface area contributed by atoms with Crippen LogP contribution in [0, 0.1) is 0 Å². The van der Waals surface area contributed by atoms with Gasteiger partial charge in [-0.2, -0.15) is 5.10 Å². The molecule has 0 atom stereocenters. The number of nitrogens with one attached hydrogen (secondary N) is 4. The number of hydrogen-bond donors (Lipinski definition) is 4. The highest BCUT2D eigenvalue weighted by atomic mass is 16.2. The average Bonchev–Trinajstić information content (AvgIpc) is 2.83. The highest BCUT2D eigenvalue weighted by molar-refractivity contribution is 6.35. The number of amides is 3. The van der Waals surface area contributed by atoms with Crippen LogP contribution in [0.3, 0.4) is 0 Å². The summed E-state index contributed by atoms with van der Waals surface area (Å²) in [6, 6.07) is 26.3. The van der Waals surface area contributed by atoms with Crippen LogP contribution in [0.2, 0.25) is 0 Å². The standard InChI is InChI=1S/C25H25N5O3/c1-18(29-30-25(33)24(32)26-17-19-8-4-2-5-9-19)16-23(31)28-22-14-12-21(13-15-22)27-20-10-6-3-7-11-20/h2-15,27H,16-17H2,1H3,(H,26,32)(H,28,31)(H,30,33)/b29-18-. The van der Waals surface area contributed by atoms with Gasteiger partial charge in [0.1, 0.15) is 0 Å². The first-order chi connectivity index (χ1) is 16.0. The molecule has 3 aromatic rings. The number of nitrogens with zero attached hydrogens (tertiary/aromatic N) is 1. The van der Waals surface area contributed by atoms with Gasteiger partial charge in [-0.25, -0.2) is 5.43 Å². The van der Waals surface area contributed by atoms with Crippen LogP contribution in [0.15, 0.2) is 90.0 Å². The van der Waals surface area contributed by atoms with Crippen molar-refractivity contribution in [3.8, 4) is 0 Å². The second-order valence-electron chi connectivity index (χ2n) is 7.25. The highest BCUT2D eigenvalue weighted by Crippen LogP contribution is 2.18. The van der Waals surface area contributed by atoms with Crippen LogP contribution in [0.25, 0.3) is 0 Å². The average molecular weight is 444 g/mol. The van der Waals surface area contributed by atoms with Gasteiger partial charge in [0.2, 0.25) is 5.91 Å². The highest BCUT2D eigenvalue weighted by Gasteiger charge is 2.13. The molecule has 8 nitrogen and oxygen atoms in total. The molecule has 8 heteroatoms. The lowest BCUT2D eigenvalue weighted by molar-refractivity contribution is -0.139. The van der Waals surface area contributed by atoms with Crippen LogP contribution in [0.4, 0.5) is 17.1 Å². The molecule has 0 unspecified atom stereocenters. The molecular formula is C25H25N5O3. The summed E-state index contributed by atoms with van der Waals surface area (Å²) in [5.74, 6) is -1.99. The predicted molar refractivity (Wildman–Crippen MR) is 129 cm³/mol. The Balaban J connectivity index is 1.41. The van der Waals surface area contributed by atoms with Crippen LogP contribution in [0.5, 0.6) is 0 Å². The molecule has 4 N–H and O–H groups in total. The molecule has 3 amide bonds. The Labute approximate surface area is 192 Å². The molecule has 0 radical (unpaired) electrons. The smallest absolute Gasteiger partial charge is 0.329 e. The number of carbonyl (C=O) groups excluding carboxylic acids is 3. The summed E-state index contributed by atoms with van der Waals surface area (Å²) in [5.41, 5.74) is 5.90. The molecule has 168 valence electrons. The van der Waals surface area contributed by atoms with E-state index in [1.807, 2.05) is 72.8 Å². The van der Waals surface area contributed by atoms with Crippen LogP contribution in [-0.4, -0.2) is 23.4 Å². The Kier molecular flexibility index (Phi) is 8.30. The van der Waals surface area contributed by atoms with Crippen molar-refractivity contribution in [3.05, 3.63) is 90.5 Å². The molecule has 0 saturated carbocycles. The zero-order chi connectivity index (χ0) is 23.5. The van der Waals surface area contributed by atoms with E-state index in [2.05, 4.69) is 26.5 Å². The van der Waals surface area contributed by atoms with Crippen LogP contribution in [-0.2, 0) is 20.9 Å². The van der Waals surface area contributed by atoms with Crippen LogP contribution in [0.1, 0.15) is 18.9 Å². The van der Waals surface area contributed by atoms with E-state index in [0.717, 1.165) is 16.9 Å². The summed E-state index contributed by atoms with van der Waals surface area (Å²) in [6.45, 7) is 1.83. The lowest BCUT2D eigenvalue weighted by atomic mass is 10.2. The minimum atomic E-state index is -0.896. The number of para-hydroxylation sites is 1. The zero-order valence-corrected chi connectivity index (χ0v) is 18.2. The Bertz CT molecular complexity index is 1110. The topological polar surface area (TPSA) is 112 Å².